The van der Waals surface area contributed by atoms with Gasteiger partial charge in [-0.2, -0.15) is 10.5 Å². The normalized spacial score (nSPS) is 11.7. The average Bonchev–Trinajstić information content (AvgIpc) is 2.69. The van der Waals surface area contributed by atoms with Gasteiger partial charge in [0, 0.05) is 12.2 Å². The topological polar surface area (TPSA) is 82.5 Å². The Morgan fingerprint density at radius 3 is 2.59 bits per heavy atom. The SMILES string of the molecule is Cc1ccc(-n2c(SC[C@@H](C#N)CCC#N)nc3ccccc3c2=O)cc1. The fourth-order valence-corrected chi connectivity index (χ4v) is 3.80. The highest BCUT2D eigenvalue weighted by Crippen LogP contribution is 2.24. The van der Waals surface area contributed by atoms with E-state index in [1.807, 2.05) is 49.4 Å². The molecule has 5 nitrogen and oxygen atoms in total. The molecule has 1 heterocycles. The van der Waals surface area contributed by atoms with Crippen LogP contribution in [-0.2, 0) is 0 Å². The van der Waals surface area contributed by atoms with Gasteiger partial charge in [-0.3, -0.25) is 9.36 Å². The fraction of sp³-hybridized carbons (Fsp3) is 0.238. The van der Waals surface area contributed by atoms with Crippen molar-refractivity contribution >= 4 is 22.7 Å². The summed E-state index contributed by atoms with van der Waals surface area (Å²) in [6.07, 6.45) is 0.858. The predicted octanol–water partition coefficient (Wildman–Crippen LogP) is 4.23. The highest BCUT2D eigenvalue weighted by Gasteiger charge is 2.15. The molecular formula is C21H18N4OS. The molecular weight excluding hydrogens is 356 g/mol. The molecule has 0 aliphatic carbocycles. The number of aryl methyl sites for hydroxylation is 1. The lowest BCUT2D eigenvalue weighted by atomic mass is 10.1. The van der Waals surface area contributed by atoms with Crippen LogP contribution >= 0.6 is 11.8 Å². The first-order valence-electron chi connectivity index (χ1n) is 8.62. The van der Waals surface area contributed by atoms with Gasteiger partial charge in [0.15, 0.2) is 5.16 Å². The van der Waals surface area contributed by atoms with Gasteiger partial charge in [-0.1, -0.05) is 41.6 Å². The van der Waals surface area contributed by atoms with E-state index >= 15 is 0 Å². The van der Waals surface area contributed by atoms with E-state index in [0.717, 1.165) is 11.3 Å². The standard InChI is InChI=1S/C21H18N4OS/c1-15-8-10-17(11-9-15)25-20(26)18-6-2-3-7-19(18)24-21(25)27-14-16(13-23)5-4-12-22/h2-3,6-11,16H,4-5,14H2,1H3/t16-/m1/s1. The van der Waals surface area contributed by atoms with Crippen molar-refractivity contribution in [3.8, 4) is 17.8 Å². The number of hydrogen-bond acceptors (Lipinski definition) is 5. The Hall–Kier alpha value is -3.09. The molecule has 0 fully saturated rings. The lowest BCUT2D eigenvalue weighted by Crippen LogP contribution is -2.22. The van der Waals surface area contributed by atoms with Crippen LogP contribution in [0.4, 0.5) is 0 Å². The molecule has 0 unspecified atom stereocenters. The minimum Gasteiger partial charge on any atom is -0.268 e. The molecule has 1 atom stereocenters. The third kappa shape index (κ3) is 4.19. The molecule has 0 radical (unpaired) electrons. The molecule has 1 aromatic heterocycles. The van der Waals surface area contributed by atoms with Crippen molar-refractivity contribution in [1.82, 2.24) is 9.55 Å². The molecule has 3 aromatic rings. The molecule has 0 spiro atoms. The monoisotopic (exact) mass is 374 g/mol. The number of thioether (sulfide) groups is 1. The maximum Gasteiger partial charge on any atom is 0.266 e. The van der Waals surface area contributed by atoms with Gasteiger partial charge in [-0.05, 0) is 37.6 Å². The summed E-state index contributed by atoms with van der Waals surface area (Å²) >= 11 is 1.38. The Kier molecular flexibility index (Phi) is 5.90. The Balaban J connectivity index is 2.06. The van der Waals surface area contributed by atoms with E-state index in [9.17, 15) is 10.1 Å². The van der Waals surface area contributed by atoms with E-state index in [0.29, 0.717) is 34.7 Å². The van der Waals surface area contributed by atoms with E-state index in [1.165, 1.54) is 11.8 Å². The number of para-hydroxylation sites is 1. The van der Waals surface area contributed by atoms with E-state index in [2.05, 4.69) is 17.1 Å². The molecule has 0 bridgehead atoms. The second kappa shape index (κ2) is 8.53. The van der Waals surface area contributed by atoms with Crippen LogP contribution in [0.25, 0.3) is 16.6 Å². The lowest BCUT2D eigenvalue weighted by molar-refractivity contribution is 0.682. The first-order chi connectivity index (χ1) is 13.1. The van der Waals surface area contributed by atoms with E-state index < -0.39 is 0 Å². The first-order valence-corrected chi connectivity index (χ1v) is 9.61. The summed E-state index contributed by atoms with van der Waals surface area (Å²) in [4.78, 5) is 17.8. The largest absolute Gasteiger partial charge is 0.268 e. The fourth-order valence-electron chi connectivity index (χ4n) is 2.73. The van der Waals surface area contributed by atoms with Gasteiger partial charge >= 0.3 is 0 Å². The van der Waals surface area contributed by atoms with Crippen LogP contribution in [0, 0.1) is 35.5 Å². The van der Waals surface area contributed by atoms with Crippen molar-refractivity contribution < 1.29 is 0 Å². The summed E-state index contributed by atoms with van der Waals surface area (Å²) in [5.41, 5.74) is 2.36. The number of hydrogen-bond donors (Lipinski definition) is 0. The maximum atomic E-state index is 13.1. The molecule has 2 aromatic carbocycles. The van der Waals surface area contributed by atoms with Gasteiger partial charge in [0.05, 0.1) is 34.6 Å². The molecule has 134 valence electrons. The average molecular weight is 374 g/mol. The highest BCUT2D eigenvalue weighted by molar-refractivity contribution is 7.99. The summed E-state index contributed by atoms with van der Waals surface area (Å²) in [5, 5.41) is 19.2. The molecule has 3 rings (SSSR count). The maximum absolute atomic E-state index is 13.1. The summed E-state index contributed by atoms with van der Waals surface area (Å²) in [5.74, 6) is 0.221. The molecule has 6 heteroatoms. The van der Waals surface area contributed by atoms with E-state index in [4.69, 9.17) is 5.26 Å². The number of aromatic nitrogens is 2. The summed E-state index contributed by atoms with van der Waals surface area (Å²) in [7, 11) is 0. The van der Waals surface area contributed by atoms with Gasteiger partial charge in [0.1, 0.15) is 0 Å². The minimum atomic E-state index is -0.260. The molecule has 0 N–H and O–H groups in total. The third-order valence-electron chi connectivity index (χ3n) is 4.24. The lowest BCUT2D eigenvalue weighted by Gasteiger charge is -2.14. The zero-order valence-electron chi connectivity index (χ0n) is 14.9. The van der Waals surface area contributed by atoms with Crippen molar-refractivity contribution in [2.24, 2.45) is 5.92 Å². The molecule has 0 aliphatic rings. The minimum absolute atomic E-state index is 0.127. The van der Waals surface area contributed by atoms with Gasteiger partial charge in [0.2, 0.25) is 0 Å². The summed E-state index contributed by atoms with van der Waals surface area (Å²) in [6.45, 7) is 1.99. The second-order valence-corrected chi connectivity index (χ2v) is 7.21. The van der Waals surface area contributed by atoms with Gasteiger partial charge in [-0.25, -0.2) is 4.98 Å². The van der Waals surface area contributed by atoms with Gasteiger partial charge in [-0.15, -0.1) is 0 Å². The Labute approximate surface area is 161 Å². The van der Waals surface area contributed by atoms with Crippen molar-refractivity contribution in [3.05, 3.63) is 64.4 Å². The van der Waals surface area contributed by atoms with Crippen LogP contribution in [0.2, 0.25) is 0 Å². The van der Waals surface area contributed by atoms with Crippen LogP contribution in [0.1, 0.15) is 18.4 Å². The number of fused-ring (bicyclic) bond motifs is 1. The van der Waals surface area contributed by atoms with E-state index in [1.54, 1.807) is 10.6 Å². The predicted molar refractivity (Wildman–Crippen MR) is 107 cm³/mol. The van der Waals surface area contributed by atoms with Gasteiger partial charge < -0.3 is 0 Å². The number of rotatable bonds is 6. The zero-order chi connectivity index (χ0) is 19.2. The van der Waals surface area contributed by atoms with Crippen LogP contribution in [0.5, 0.6) is 0 Å². The third-order valence-corrected chi connectivity index (χ3v) is 5.34. The highest BCUT2D eigenvalue weighted by atomic mass is 32.2. The smallest absolute Gasteiger partial charge is 0.266 e. The van der Waals surface area contributed by atoms with Crippen LogP contribution in [0.3, 0.4) is 0 Å². The van der Waals surface area contributed by atoms with Crippen molar-refractivity contribution in [1.29, 1.82) is 10.5 Å². The molecule has 0 saturated carbocycles. The molecule has 0 amide bonds. The zero-order valence-corrected chi connectivity index (χ0v) is 15.7. The van der Waals surface area contributed by atoms with Crippen LogP contribution in [0.15, 0.2) is 58.5 Å². The first kappa shape index (κ1) is 18.7. The quantitative estimate of drug-likeness (QED) is 0.476. The van der Waals surface area contributed by atoms with Crippen LogP contribution < -0.4 is 5.56 Å². The van der Waals surface area contributed by atoms with Gasteiger partial charge in [0.25, 0.3) is 5.56 Å². The Bertz CT molecular complexity index is 1090. The van der Waals surface area contributed by atoms with E-state index in [-0.39, 0.29) is 11.5 Å². The van der Waals surface area contributed by atoms with Crippen molar-refractivity contribution in [2.75, 3.05) is 5.75 Å². The number of nitrogens with zero attached hydrogens (tertiary/aromatic N) is 4. The summed E-state index contributed by atoms with van der Waals surface area (Å²) < 4.78 is 1.60. The number of nitriles is 2. The Morgan fingerprint density at radius 1 is 1.15 bits per heavy atom. The molecule has 0 aliphatic heterocycles. The molecule has 27 heavy (non-hydrogen) atoms. The summed E-state index contributed by atoms with van der Waals surface area (Å²) in [6, 6.07) is 19.3. The van der Waals surface area contributed by atoms with Crippen molar-refractivity contribution in [3.63, 3.8) is 0 Å². The molecule has 0 saturated heterocycles. The second-order valence-electron chi connectivity index (χ2n) is 6.22. The van der Waals surface area contributed by atoms with Crippen LogP contribution in [-0.4, -0.2) is 15.3 Å². The van der Waals surface area contributed by atoms with Crippen molar-refractivity contribution in [2.45, 2.75) is 24.9 Å². The Morgan fingerprint density at radius 2 is 1.89 bits per heavy atom. The number of benzene rings is 2.